The second-order valence-electron chi connectivity index (χ2n) is 3.39. The summed E-state index contributed by atoms with van der Waals surface area (Å²) in [4.78, 5) is 0. The zero-order chi connectivity index (χ0) is 9.52. The smallest absolute Gasteiger partial charge is 0.0316 e. The highest BCUT2D eigenvalue weighted by Crippen LogP contribution is 2.15. The van der Waals surface area contributed by atoms with Crippen LogP contribution in [0.5, 0.6) is 0 Å². The second-order valence-corrected chi connectivity index (χ2v) is 3.39. The molecule has 0 aromatic heterocycles. The maximum absolute atomic E-state index is 3.68. The lowest BCUT2D eigenvalue weighted by Gasteiger charge is -2.24. The average Bonchev–Trinajstić information content (AvgIpc) is 2.21. The Balaban J connectivity index is 2.54. The molecule has 0 spiro atoms. The normalized spacial score (nSPS) is 25.0. The molecule has 13 heavy (non-hydrogen) atoms. The molecule has 1 nitrogen and oxygen atoms in total. The first-order valence-electron chi connectivity index (χ1n) is 5.07. The monoisotopic (exact) mass is 177 g/mol. The van der Waals surface area contributed by atoms with Crippen molar-refractivity contribution in [2.45, 2.75) is 32.2 Å². The van der Waals surface area contributed by atoms with Crippen LogP contribution in [0, 0.1) is 0 Å². The predicted molar refractivity (Wildman–Crippen MR) is 58.7 cm³/mol. The molecule has 1 aliphatic heterocycles. The van der Waals surface area contributed by atoms with Crippen LogP contribution in [-0.2, 0) is 0 Å². The number of allylic oxidation sites excluding steroid dienone is 3. The Hall–Kier alpha value is -0.820. The van der Waals surface area contributed by atoms with Crippen LogP contribution in [0.3, 0.4) is 0 Å². The largest absolute Gasteiger partial charge is 0.310 e. The van der Waals surface area contributed by atoms with Crippen LogP contribution in [0.2, 0.25) is 0 Å². The van der Waals surface area contributed by atoms with Gasteiger partial charge in [-0.15, -0.1) is 0 Å². The number of rotatable bonds is 3. The lowest BCUT2D eigenvalue weighted by atomic mass is 9.97. The van der Waals surface area contributed by atoms with Crippen LogP contribution in [0.25, 0.3) is 0 Å². The molecule has 1 heteroatoms. The van der Waals surface area contributed by atoms with Crippen LogP contribution in [0.15, 0.2) is 36.5 Å². The molecule has 72 valence electrons. The first-order valence-corrected chi connectivity index (χ1v) is 5.07. The zero-order valence-corrected chi connectivity index (χ0v) is 8.42. The van der Waals surface area contributed by atoms with E-state index in [0.717, 1.165) is 6.54 Å². The summed E-state index contributed by atoms with van der Waals surface area (Å²) in [6, 6.07) is 0.565. The van der Waals surface area contributed by atoms with Gasteiger partial charge in [0.1, 0.15) is 0 Å². The van der Waals surface area contributed by atoms with Gasteiger partial charge in [-0.25, -0.2) is 0 Å². The lowest BCUT2D eigenvalue weighted by molar-refractivity contribution is 0.444. The molecule has 0 unspecified atom stereocenters. The standard InChI is InChI=1S/C12H19N/c1-3-5-8-11(4-2)12-9-6-7-10-13-12/h3-5,8,12-13H,1,6-7,9-10H2,2H3/b8-5-,11-4+/t12-/m1/s1. The summed E-state index contributed by atoms with van der Waals surface area (Å²) in [5.41, 5.74) is 1.39. The SMILES string of the molecule is C=C/C=C\C(=C/C)[C@H]1CCCCN1. The highest BCUT2D eigenvalue weighted by molar-refractivity contribution is 5.26. The summed E-state index contributed by atoms with van der Waals surface area (Å²) in [5.74, 6) is 0. The fourth-order valence-electron chi connectivity index (χ4n) is 1.73. The van der Waals surface area contributed by atoms with Gasteiger partial charge in [-0.05, 0) is 31.9 Å². The third-order valence-corrected chi connectivity index (χ3v) is 2.47. The molecule has 0 aromatic rings. The van der Waals surface area contributed by atoms with Crippen molar-refractivity contribution in [2.24, 2.45) is 0 Å². The summed E-state index contributed by atoms with van der Waals surface area (Å²) in [5, 5.41) is 3.53. The Morgan fingerprint density at radius 2 is 2.31 bits per heavy atom. The van der Waals surface area contributed by atoms with Crippen molar-refractivity contribution >= 4 is 0 Å². The van der Waals surface area contributed by atoms with Crippen LogP contribution < -0.4 is 5.32 Å². The van der Waals surface area contributed by atoms with E-state index in [1.54, 1.807) is 0 Å². The minimum absolute atomic E-state index is 0.565. The molecule has 0 aliphatic carbocycles. The molecular formula is C12H19N. The molecule has 1 atom stereocenters. The van der Waals surface area contributed by atoms with Gasteiger partial charge in [0, 0.05) is 6.04 Å². The number of piperidine rings is 1. The molecule has 0 bridgehead atoms. The maximum atomic E-state index is 3.68. The van der Waals surface area contributed by atoms with Crippen molar-refractivity contribution in [1.29, 1.82) is 0 Å². The average molecular weight is 177 g/mol. The number of nitrogens with one attached hydrogen (secondary N) is 1. The Morgan fingerprint density at radius 3 is 2.85 bits per heavy atom. The van der Waals surface area contributed by atoms with Crippen LogP contribution >= 0.6 is 0 Å². The van der Waals surface area contributed by atoms with E-state index < -0.39 is 0 Å². The first kappa shape index (κ1) is 10.3. The van der Waals surface area contributed by atoms with E-state index in [-0.39, 0.29) is 0 Å². The summed E-state index contributed by atoms with van der Waals surface area (Å²) < 4.78 is 0. The van der Waals surface area contributed by atoms with Crippen LogP contribution in [0.4, 0.5) is 0 Å². The quantitative estimate of drug-likeness (QED) is 0.654. The Labute approximate surface area is 81.2 Å². The van der Waals surface area contributed by atoms with Crippen LogP contribution in [0.1, 0.15) is 26.2 Å². The highest BCUT2D eigenvalue weighted by Gasteiger charge is 2.13. The van der Waals surface area contributed by atoms with Crippen molar-refractivity contribution < 1.29 is 0 Å². The number of hydrogen-bond acceptors (Lipinski definition) is 1. The fourth-order valence-corrected chi connectivity index (χ4v) is 1.73. The van der Waals surface area contributed by atoms with Gasteiger partial charge < -0.3 is 5.32 Å². The van der Waals surface area contributed by atoms with Gasteiger partial charge in [0.2, 0.25) is 0 Å². The first-order chi connectivity index (χ1) is 6.38. The van der Waals surface area contributed by atoms with Crippen molar-refractivity contribution in [3.63, 3.8) is 0 Å². The zero-order valence-electron chi connectivity index (χ0n) is 8.42. The molecule has 1 saturated heterocycles. The minimum Gasteiger partial charge on any atom is -0.310 e. The molecular weight excluding hydrogens is 158 g/mol. The Morgan fingerprint density at radius 1 is 1.46 bits per heavy atom. The molecule has 0 aromatic carbocycles. The molecule has 1 aliphatic rings. The third-order valence-electron chi connectivity index (χ3n) is 2.47. The highest BCUT2D eigenvalue weighted by atomic mass is 14.9. The van der Waals surface area contributed by atoms with Gasteiger partial charge in [0.15, 0.2) is 0 Å². The summed E-state index contributed by atoms with van der Waals surface area (Å²) >= 11 is 0. The molecule has 1 N–H and O–H groups in total. The molecule has 0 amide bonds. The predicted octanol–water partition coefficient (Wildman–Crippen LogP) is 2.82. The lowest BCUT2D eigenvalue weighted by Crippen LogP contribution is -2.34. The number of hydrogen-bond donors (Lipinski definition) is 1. The Kier molecular flexibility index (Phi) is 4.55. The van der Waals surface area contributed by atoms with Crippen molar-refractivity contribution in [3.8, 4) is 0 Å². The van der Waals surface area contributed by atoms with Crippen molar-refractivity contribution in [1.82, 2.24) is 5.32 Å². The van der Waals surface area contributed by atoms with E-state index in [4.69, 9.17) is 0 Å². The molecule has 1 heterocycles. The summed E-state index contributed by atoms with van der Waals surface area (Å²) in [6.07, 6.45) is 12.1. The minimum atomic E-state index is 0.565. The second kappa shape index (κ2) is 5.76. The van der Waals surface area contributed by atoms with E-state index in [0.29, 0.717) is 6.04 Å². The van der Waals surface area contributed by atoms with E-state index in [2.05, 4.69) is 31.0 Å². The van der Waals surface area contributed by atoms with Crippen molar-refractivity contribution in [3.05, 3.63) is 36.5 Å². The van der Waals surface area contributed by atoms with Gasteiger partial charge in [-0.2, -0.15) is 0 Å². The van der Waals surface area contributed by atoms with Crippen molar-refractivity contribution in [2.75, 3.05) is 6.54 Å². The Bertz CT molecular complexity index is 207. The van der Waals surface area contributed by atoms with Gasteiger partial charge in [0.05, 0.1) is 0 Å². The third kappa shape index (κ3) is 3.19. The fraction of sp³-hybridized carbons (Fsp3) is 0.500. The molecule has 1 rings (SSSR count). The maximum Gasteiger partial charge on any atom is 0.0316 e. The molecule has 0 radical (unpaired) electrons. The topological polar surface area (TPSA) is 12.0 Å². The summed E-state index contributed by atoms with van der Waals surface area (Å²) in [6.45, 7) is 6.93. The van der Waals surface area contributed by atoms with E-state index in [9.17, 15) is 0 Å². The molecule has 1 fully saturated rings. The van der Waals surface area contributed by atoms with Gasteiger partial charge in [-0.1, -0.05) is 37.3 Å². The van der Waals surface area contributed by atoms with E-state index in [1.807, 2.05) is 12.2 Å². The van der Waals surface area contributed by atoms with Gasteiger partial charge in [-0.3, -0.25) is 0 Å². The molecule has 0 saturated carbocycles. The van der Waals surface area contributed by atoms with Gasteiger partial charge >= 0.3 is 0 Å². The van der Waals surface area contributed by atoms with Gasteiger partial charge in [0.25, 0.3) is 0 Å². The van der Waals surface area contributed by atoms with Crippen LogP contribution in [-0.4, -0.2) is 12.6 Å². The summed E-state index contributed by atoms with van der Waals surface area (Å²) in [7, 11) is 0. The van der Waals surface area contributed by atoms with E-state index in [1.165, 1.54) is 24.8 Å². The van der Waals surface area contributed by atoms with E-state index >= 15 is 0 Å².